The molecule has 2 nitrogen and oxygen atoms in total. The molecule has 70 valence electrons. The van der Waals surface area contributed by atoms with Gasteiger partial charge in [0.15, 0.2) is 0 Å². The number of methoxy groups -OCH3 is 1. The molecule has 0 amide bonds. The molecule has 13 heavy (non-hydrogen) atoms. The predicted octanol–water partition coefficient (Wildman–Crippen LogP) is 2.61. The average molecular weight is 311 g/mol. The zero-order valence-electron chi connectivity index (χ0n) is 7.01. The molecular weight excluding hydrogens is 302 g/mol. The van der Waals surface area contributed by atoms with Gasteiger partial charge in [0, 0.05) is 9.99 Å². The van der Waals surface area contributed by atoms with Gasteiger partial charge in [0.1, 0.15) is 5.75 Å². The van der Waals surface area contributed by atoms with E-state index in [-0.39, 0.29) is 11.7 Å². The monoisotopic (exact) mass is 310 g/mol. The summed E-state index contributed by atoms with van der Waals surface area (Å²) in [6.45, 7) is 0. The van der Waals surface area contributed by atoms with Crippen LogP contribution in [0.1, 0.15) is 5.56 Å². The Balaban J connectivity index is 2.96. The van der Waals surface area contributed by atoms with Crippen molar-refractivity contribution in [2.24, 2.45) is 0 Å². The molecule has 0 atom stereocenters. The van der Waals surface area contributed by atoms with Crippen LogP contribution < -0.4 is 4.74 Å². The number of rotatable bonds is 3. The minimum absolute atomic E-state index is 0.247. The first-order valence-corrected chi connectivity index (χ1v) is 5.10. The van der Waals surface area contributed by atoms with E-state index < -0.39 is 0 Å². The summed E-state index contributed by atoms with van der Waals surface area (Å²) in [5.41, 5.74) is 0.903. The van der Waals surface area contributed by atoms with Crippen molar-refractivity contribution in [1.29, 1.82) is 0 Å². The number of hydrogen-bond donors (Lipinski definition) is 0. The summed E-state index contributed by atoms with van der Waals surface area (Å²) in [5.74, 6) is 0.744. The fourth-order valence-corrected chi connectivity index (χ4v) is 1.63. The number of ether oxygens (including phenoxy) is 1. The average Bonchev–Trinajstić information content (AvgIpc) is 2.08. The van der Waals surface area contributed by atoms with Gasteiger partial charge < -0.3 is 4.74 Å². The highest BCUT2D eigenvalue weighted by molar-refractivity contribution is 14.1. The Labute approximate surface area is 95.4 Å². The Hall–Kier alpha value is -0.290. The van der Waals surface area contributed by atoms with Crippen molar-refractivity contribution < 1.29 is 9.53 Å². The number of carbonyl (C=O) groups excluding carboxylic acids is 1. The van der Waals surface area contributed by atoms with E-state index in [0.29, 0.717) is 0 Å². The Kier molecular flexibility index (Phi) is 3.99. The fourth-order valence-electron chi connectivity index (χ4n) is 0.963. The van der Waals surface area contributed by atoms with Gasteiger partial charge in [-0.2, -0.15) is 0 Å². The number of halogens is 2. The second-order valence-electron chi connectivity index (χ2n) is 2.49. The molecule has 0 aliphatic heterocycles. The molecule has 0 aliphatic rings. The van der Waals surface area contributed by atoms with Crippen LogP contribution in [0.15, 0.2) is 18.2 Å². The molecular formula is C9H8ClIO2. The van der Waals surface area contributed by atoms with Gasteiger partial charge in [-0.15, -0.1) is 0 Å². The van der Waals surface area contributed by atoms with Crippen molar-refractivity contribution in [2.75, 3.05) is 7.11 Å². The van der Waals surface area contributed by atoms with Crippen molar-refractivity contribution in [3.8, 4) is 5.75 Å². The lowest BCUT2D eigenvalue weighted by Crippen LogP contribution is -1.97. The van der Waals surface area contributed by atoms with E-state index >= 15 is 0 Å². The highest BCUT2D eigenvalue weighted by Crippen LogP contribution is 2.20. The largest absolute Gasteiger partial charge is 0.497 e. The van der Waals surface area contributed by atoms with Crippen LogP contribution in [0.2, 0.25) is 0 Å². The zero-order valence-corrected chi connectivity index (χ0v) is 9.93. The first-order valence-electron chi connectivity index (χ1n) is 3.64. The molecule has 0 radical (unpaired) electrons. The summed E-state index contributed by atoms with van der Waals surface area (Å²) in [7, 11) is 1.59. The van der Waals surface area contributed by atoms with Gasteiger partial charge in [-0.1, -0.05) is 0 Å². The molecule has 0 bridgehead atoms. The van der Waals surface area contributed by atoms with Gasteiger partial charge in [0.25, 0.3) is 0 Å². The number of benzene rings is 1. The number of carbonyl (C=O) groups is 1. The molecule has 0 aliphatic carbocycles. The molecule has 0 unspecified atom stereocenters. The molecule has 4 heteroatoms. The third-order valence-corrected chi connectivity index (χ3v) is 2.77. The lowest BCUT2D eigenvalue weighted by Gasteiger charge is -2.04. The molecule has 1 rings (SSSR count). The molecule has 0 heterocycles. The lowest BCUT2D eigenvalue weighted by atomic mass is 10.1. The zero-order chi connectivity index (χ0) is 9.84. The van der Waals surface area contributed by atoms with E-state index in [1.54, 1.807) is 7.11 Å². The predicted molar refractivity (Wildman–Crippen MR) is 60.3 cm³/mol. The first kappa shape index (κ1) is 10.8. The molecule has 1 aromatic rings. The number of hydrogen-bond acceptors (Lipinski definition) is 2. The molecule has 0 aromatic heterocycles. The quantitative estimate of drug-likeness (QED) is 0.634. The smallest absolute Gasteiger partial charge is 0.226 e. The van der Waals surface area contributed by atoms with E-state index in [9.17, 15) is 4.79 Å². The topological polar surface area (TPSA) is 26.3 Å². The van der Waals surface area contributed by atoms with Gasteiger partial charge in [-0.25, -0.2) is 0 Å². The van der Waals surface area contributed by atoms with Crippen molar-refractivity contribution in [1.82, 2.24) is 0 Å². The highest BCUT2D eigenvalue weighted by Gasteiger charge is 2.05. The summed E-state index contributed by atoms with van der Waals surface area (Å²) in [6.07, 6.45) is 0.247. The molecule has 0 spiro atoms. The third-order valence-electron chi connectivity index (χ3n) is 1.58. The van der Waals surface area contributed by atoms with Crippen LogP contribution in [-0.2, 0) is 11.2 Å². The Morgan fingerprint density at radius 3 is 2.85 bits per heavy atom. The summed E-state index contributed by atoms with van der Waals surface area (Å²) in [6, 6.07) is 5.57. The van der Waals surface area contributed by atoms with Crippen molar-refractivity contribution in [3.05, 3.63) is 27.3 Å². The molecule has 1 aromatic carbocycles. The normalized spacial score (nSPS) is 9.77. The van der Waals surface area contributed by atoms with Gasteiger partial charge >= 0.3 is 0 Å². The van der Waals surface area contributed by atoms with E-state index in [1.807, 2.05) is 18.2 Å². The summed E-state index contributed by atoms with van der Waals surface area (Å²) in [5, 5.41) is -0.355. The Morgan fingerprint density at radius 2 is 2.31 bits per heavy atom. The standard InChI is InChI=1S/C9H8ClIO2/c1-13-7-2-3-8(11)6(4-7)5-9(10)12/h2-4H,5H2,1H3. The second-order valence-corrected chi connectivity index (χ2v) is 4.07. The lowest BCUT2D eigenvalue weighted by molar-refractivity contribution is -0.111. The van der Waals surface area contributed by atoms with Crippen LogP contribution in [0, 0.1) is 3.57 Å². The maximum Gasteiger partial charge on any atom is 0.226 e. The van der Waals surface area contributed by atoms with Gasteiger partial charge in [0.2, 0.25) is 5.24 Å². The Morgan fingerprint density at radius 1 is 1.62 bits per heavy atom. The van der Waals surface area contributed by atoms with Crippen LogP contribution in [0.4, 0.5) is 0 Å². The van der Waals surface area contributed by atoms with Crippen molar-refractivity contribution in [3.63, 3.8) is 0 Å². The molecule has 0 saturated carbocycles. The van der Waals surface area contributed by atoms with Gasteiger partial charge in [-0.05, 0) is 58.0 Å². The summed E-state index contributed by atoms with van der Waals surface area (Å²) < 4.78 is 6.05. The van der Waals surface area contributed by atoms with E-state index in [1.165, 1.54) is 0 Å². The van der Waals surface area contributed by atoms with Gasteiger partial charge in [-0.3, -0.25) is 4.79 Å². The van der Waals surface area contributed by atoms with Crippen molar-refractivity contribution >= 4 is 39.4 Å². The molecule has 0 fully saturated rings. The highest BCUT2D eigenvalue weighted by atomic mass is 127. The van der Waals surface area contributed by atoms with Crippen LogP contribution in [0.25, 0.3) is 0 Å². The van der Waals surface area contributed by atoms with Crippen LogP contribution in [0.5, 0.6) is 5.75 Å². The fraction of sp³-hybridized carbons (Fsp3) is 0.222. The van der Waals surface area contributed by atoms with Crippen LogP contribution in [-0.4, -0.2) is 12.4 Å². The van der Waals surface area contributed by atoms with E-state index in [4.69, 9.17) is 16.3 Å². The van der Waals surface area contributed by atoms with Crippen molar-refractivity contribution in [2.45, 2.75) is 6.42 Å². The van der Waals surface area contributed by atoms with Crippen LogP contribution in [0.3, 0.4) is 0 Å². The maximum atomic E-state index is 10.7. The SMILES string of the molecule is COc1ccc(I)c(CC(=O)Cl)c1. The minimum atomic E-state index is -0.355. The first-order chi connectivity index (χ1) is 6.13. The van der Waals surface area contributed by atoms with Crippen LogP contribution >= 0.6 is 34.2 Å². The molecule has 0 saturated heterocycles. The second kappa shape index (κ2) is 4.81. The molecule has 0 N–H and O–H groups in total. The summed E-state index contributed by atoms with van der Waals surface area (Å²) in [4.78, 5) is 10.7. The van der Waals surface area contributed by atoms with E-state index in [0.717, 1.165) is 14.9 Å². The third kappa shape index (κ3) is 3.15. The minimum Gasteiger partial charge on any atom is -0.497 e. The van der Waals surface area contributed by atoms with E-state index in [2.05, 4.69) is 22.6 Å². The van der Waals surface area contributed by atoms with Gasteiger partial charge in [0.05, 0.1) is 7.11 Å². The maximum absolute atomic E-state index is 10.7. The summed E-state index contributed by atoms with van der Waals surface area (Å²) >= 11 is 7.46. The Bertz CT molecular complexity index is 325.